The first-order chi connectivity index (χ1) is 8.79. The molecule has 2 aromatic rings. The molecule has 0 atom stereocenters. The van der Waals surface area contributed by atoms with Gasteiger partial charge in [0.1, 0.15) is 12.1 Å². The topological polar surface area (TPSA) is 55.6 Å². The zero-order chi connectivity index (χ0) is 12.8. The number of rotatable bonds is 6. The van der Waals surface area contributed by atoms with E-state index in [1.807, 2.05) is 30.1 Å². The number of hydrogen-bond acceptors (Lipinski definition) is 4. The minimum atomic E-state index is 0.849. The Morgan fingerprint density at radius 3 is 2.89 bits per heavy atom. The van der Waals surface area contributed by atoms with Gasteiger partial charge in [-0.25, -0.2) is 9.97 Å². The molecule has 0 unspecified atom stereocenters. The Bertz CT molecular complexity index is 492. The van der Waals surface area contributed by atoms with Crippen molar-refractivity contribution in [2.45, 2.75) is 26.2 Å². The second-order valence-electron chi connectivity index (χ2n) is 4.27. The van der Waals surface area contributed by atoms with Gasteiger partial charge >= 0.3 is 0 Å². The van der Waals surface area contributed by atoms with Crippen molar-refractivity contribution in [1.29, 1.82) is 0 Å². The lowest BCUT2D eigenvalue weighted by molar-refractivity contribution is 0.711. The molecular formula is C13H19N5. The van der Waals surface area contributed by atoms with Gasteiger partial charge in [-0.05, 0) is 12.5 Å². The molecule has 0 fully saturated rings. The Morgan fingerprint density at radius 2 is 2.17 bits per heavy atom. The van der Waals surface area contributed by atoms with Crippen molar-refractivity contribution in [3.05, 3.63) is 36.0 Å². The Kier molecular flexibility index (Phi) is 4.28. The number of hydrogen-bond donors (Lipinski definition) is 1. The molecule has 0 radical (unpaired) electrons. The van der Waals surface area contributed by atoms with E-state index in [0.29, 0.717) is 0 Å². The molecule has 18 heavy (non-hydrogen) atoms. The average Bonchev–Trinajstić information content (AvgIpc) is 2.76. The maximum Gasteiger partial charge on any atom is 0.129 e. The summed E-state index contributed by atoms with van der Waals surface area (Å²) < 4.78 is 1.89. The van der Waals surface area contributed by atoms with E-state index in [1.165, 1.54) is 5.69 Å². The summed E-state index contributed by atoms with van der Waals surface area (Å²) in [5.41, 5.74) is 2.31. The second-order valence-corrected chi connectivity index (χ2v) is 4.27. The molecule has 0 aliphatic carbocycles. The van der Waals surface area contributed by atoms with Crippen LogP contribution in [0.25, 0.3) is 0 Å². The maximum atomic E-state index is 4.24. The predicted octanol–water partition coefficient (Wildman–Crippen LogP) is 1.82. The Morgan fingerprint density at radius 1 is 1.28 bits per heavy atom. The van der Waals surface area contributed by atoms with Crippen LogP contribution in [0.4, 0.5) is 5.82 Å². The second kappa shape index (κ2) is 6.14. The first-order valence-electron chi connectivity index (χ1n) is 6.31. The summed E-state index contributed by atoms with van der Waals surface area (Å²) in [4.78, 5) is 8.45. The van der Waals surface area contributed by atoms with Crippen LogP contribution in [0.1, 0.15) is 24.7 Å². The zero-order valence-corrected chi connectivity index (χ0v) is 10.9. The highest BCUT2D eigenvalue weighted by Crippen LogP contribution is 2.06. The van der Waals surface area contributed by atoms with E-state index in [-0.39, 0.29) is 0 Å². The summed E-state index contributed by atoms with van der Waals surface area (Å²) in [6.45, 7) is 3.00. The molecule has 96 valence electrons. The van der Waals surface area contributed by atoms with E-state index in [1.54, 1.807) is 6.33 Å². The normalized spacial score (nSPS) is 10.6. The van der Waals surface area contributed by atoms with Crippen LogP contribution in [0.5, 0.6) is 0 Å². The minimum Gasteiger partial charge on any atom is -0.370 e. The van der Waals surface area contributed by atoms with Gasteiger partial charge in [0.05, 0.1) is 0 Å². The van der Waals surface area contributed by atoms with Gasteiger partial charge in [-0.15, -0.1) is 0 Å². The number of anilines is 1. The minimum absolute atomic E-state index is 0.849. The highest BCUT2D eigenvalue weighted by Gasteiger charge is 2.00. The third-order valence-electron chi connectivity index (χ3n) is 2.84. The third-order valence-corrected chi connectivity index (χ3v) is 2.84. The Labute approximate surface area is 107 Å². The van der Waals surface area contributed by atoms with Crippen LogP contribution >= 0.6 is 0 Å². The summed E-state index contributed by atoms with van der Waals surface area (Å²) in [6.07, 6.45) is 6.48. The molecule has 1 N–H and O–H groups in total. The summed E-state index contributed by atoms with van der Waals surface area (Å²) in [5, 5.41) is 7.46. The van der Waals surface area contributed by atoms with Crippen molar-refractivity contribution < 1.29 is 0 Å². The fourth-order valence-corrected chi connectivity index (χ4v) is 1.85. The SMILES string of the molecule is CCCc1cc(NCCc2ccnn2C)ncn1. The molecule has 0 aromatic carbocycles. The molecular weight excluding hydrogens is 226 g/mol. The van der Waals surface area contributed by atoms with Gasteiger partial charge < -0.3 is 5.32 Å². The Balaban J connectivity index is 1.86. The number of aromatic nitrogens is 4. The highest BCUT2D eigenvalue weighted by atomic mass is 15.3. The predicted molar refractivity (Wildman–Crippen MR) is 71.4 cm³/mol. The van der Waals surface area contributed by atoms with E-state index < -0.39 is 0 Å². The van der Waals surface area contributed by atoms with Gasteiger partial charge in [0, 0.05) is 43.7 Å². The first-order valence-corrected chi connectivity index (χ1v) is 6.31. The van der Waals surface area contributed by atoms with Crippen LogP contribution in [0.2, 0.25) is 0 Å². The summed E-state index contributed by atoms with van der Waals surface area (Å²) in [5.74, 6) is 0.899. The van der Waals surface area contributed by atoms with Crippen LogP contribution in [-0.4, -0.2) is 26.3 Å². The largest absolute Gasteiger partial charge is 0.370 e. The fraction of sp³-hybridized carbons (Fsp3) is 0.462. The third kappa shape index (κ3) is 3.29. The van der Waals surface area contributed by atoms with E-state index in [9.17, 15) is 0 Å². The lowest BCUT2D eigenvalue weighted by atomic mass is 10.2. The molecule has 5 nitrogen and oxygen atoms in total. The number of nitrogens with zero attached hydrogens (tertiary/aromatic N) is 4. The van der Waals surface area contributed by atoms with Crippen molar-refractivity contribution in [2.75, 3.05) is 11.9 Å². The smallest absolute Gasteiger partial charge is 0.129 e. The average molecular weight is 245 g/mol. The number of nitrogens with one attached hydrogen (secondary N) is 1. The molecule has 0 spiro atoms. The first kappa shape index (κ1) is 12.5. The lowest BCUT2D eigenvalue weighted by Crippen LogP contribution is -2.09. The van der Waals surface area contributed by atoms with E-state index in [4.69, 9.17) is 0 Å². The van der Waals surface area contributed by atoms with Crippen LogP contribution in [0, 0.1) is 0 Å². The van der Waals surface area contributed by atoms with Crippen molar-refractivity contribution in [3.63, 3.8) is 0 Å². The van der Waals surface area contributed by atoms with E-state index in [2.05, 4.69) is 27.3 Å². The molecule has 0 saturated heterocycles. The molecule has 5 heteroatoms. The van der Waals surface area contributed by atoms with Gasteiger partial charge in [-0.2, -0.15) is 5.10 Å². The molecule has 2 heterocycles. The van der Waals surface area contributed by atoms with E-state index >= 15 is 0 Å². The van der Waals surface area contributed by atoms with Crippen LogP contribution in [-0.2, 0) is 19.9 Å². The van der Waals surface area contributed by atoms with Crippen molar-refractivity contribution >= 4 is 5.82 Å². The number of aryl methyl sites for hydroxylation is 2. The van der Waals surface area contributed by atoms with Crippen molar-refractivity contribution in [2.24, 2.45) is 7.05 Å². The molecule has 0 amide bonds. The van der Waals surface area contributed by atoms with Gasteiger partial charge in [0.25, 0.3) is 0 Å². The fourth-order valence-electron chi connectivity index (χ4n) is 1.85. The van der Waals surface area contributed by atoms with Crippen LogP contribution in [0.15, 0.2) is 24.7 Å². The molecule has 0 saturated carbocycles. The monoisotopic (exact) mass is 245 g/mol. The molecule has 2 rings (SSSR count). The zero-order valence-electron chi connectivity index (χ0n) is 10.9. The van der Waals surface area contributed by atoms with Gasteiger partial charge in [-0.1, -0.05) is 13.3 Å². The van der Waals surface area contributed by atoms with Crippen molar-refractivity contribution in [3.8, 4) is 0 Å². The van der Waals surface area contributed by atoms with Crippen LogP contribution in [0.3, 0.4) is 0 Å². The van der Waals surface area contributed by atoms with Gasteiger partial charge in [0.15, 0.2) is 0 Å². The Hall–Kier alpha value is -1.91. The van der Waals surface area contributed by atoms with Crippen LogP contribution < -0.4 is 5.32 Å². The maximum absolute atomic E-state index is 4.24. The van der Waals surface area contributed by atoms with Gasteiger partial charge in [0.2, 0.25) is 0 Å². The lowest BCUT2D eigenvalue weighted by Gasteiger charge is -2.06. The quantitative estimate of drug-likeness (QED) is 0.843. The summed E-state index contributed by atoms with van der Waals surface area (Å²) in [7, 11) is 1.96. The van der Waals surface area contributed by atoms with Crippen molar-refractivity contribution in [1.82, 2.24) is 19.7 Å². The molecule has 0 bridgehead atoms. The summed E-state index contributed by atoms with van der Waals surface area (Å²) in [6, 6.07) is 4.05. The summed E-state index contributed by atoms with van der Waals surface area (Å²) >= 11 is 0. The standard InChI is InChI=1S/C13H19N5/c1-3-4-11-9-13(16-10-15-11)14-7-5-12-6-8-17-18(12)2/h6,8-10H,3-5,7H2,1-2H3,(H,14,15,16). The highest BCUT2D eigenvalue weighted by molar-refractivity contribution is 5.34. The van der Waals surface area contributed by atoms with E-state index in [0.717, 1.165) is 37.3 Å². The molecule has 0 aliphatic rings. The molecule has 0 aliphatic heterocycles. The molecule has 2 aromatic heterocycles. The van der Waals surface area contributed by atoms with Gasteiger partial charge in [-0.3, -0.25) is 4.68 Å².